The predicted octanol–water partition coefficient (Wildman–Crippen LogP) is 2.22. The van der Waals surface area contributed by atoms with E-state index in [0.29, 0.717) is 16.5 Å². The summed E-state index contributed by atoms with van der Waals surface area (Å²) < 4.78 is 1.60. The van der Waals surface area contributed by atoms with E-state index in [9.17, 15) is 19.5 Å². The SMILES string of the molecule is Cc1c(C(=O)O)n(C(C)C)c2ccc(CC(=O)O)cc2c1=O. The van der Waals surface area contributed by atoms with Crippen LogP contribution < -0.4 is 5.43 Å². The number of fused-ring (bicyclic) bond motifs is 1. The molecule has 0 unspecified atom stereocenters. The van der Waals surface area contributed by atoms with Crippen molar-refractivity contribution in [3.8, 4) is 0 Å². The third kappa shape index (κ3) is 2.59. The lowest BCUT2D eigenvalue weighted by molar-refractivity contribution is -0.136. The lowest BCUT2D eigenvalue weighted by atomic mass is 10.0. The van der Waals surface area contributed by atoms with Crippen molar-refractivity contribution in [1.29, 1.82) is 0 Å². The summed E-state index contributed by atoms with van der Waals surface area (Å²) in [4.78, 5) is 34.8. The van der Waals surface area contributed by atoms with Crippen LogP contribution in [0.4, 0.5) is 0 Å². The molecule has 0 radical (unpaired) electrons. The van der Waals surface area contributed by atoms with E-state index in [4.69, 9.17) is 5.11 Å². The van der Waals surface area contributed by atoms with E-state index in [-0.39, 0.29) is 29.1 Å². The molecular formula is C16H17NO5. The standard InChI is InChI=1S/C16H17NO5/c1-8(2)17-12-5-4-10(7-13(18)19)6-11(12)15(20)9(3)14(17)16(21)22/h4-6,8H,7H2,1-3H3,(H,18,19)(H,21,22). The molecule has 0 atom stereocenters. The number of nitrogens with zero attached hydrogens (tertiary/aromatic N) is 1. The molecule has 1 aromatic heterocycles. The van der Waals surface area contributed by atoms with Crippen LogP contribution in [0.2, 0.25) is 0 Å². The molecule has 22 heavy (non-hydrogen) atoms. The molecule has 1 aromatic carbocycles. The van der Waals surface area contributed by atoms with Crippen molar-refractivity contribution < 1.29 is 19.8 Å². The van der Waals surface area contributed by atoms with Gasteiger partial charge in [-0.15, -0.1) is 0 Å². The summed E-state index contributed by atoms with van der Waals surface area (Å²) >= 11 is 0. The van der Waals surface area contributed by atoms with Gasteiger partial charge < -0.3 is 14.8 Å². The molecule has 0 amide bonds. The smallest absolute Gasteiger partial charge is 0.352 e. The fraction of sp³-hybridized carbons (Fsp3) is 0.312. The van der Waals surface area contributed by atoms with E-state index >= 15 is 0 Å². The molecule has 6 heteroatoms. The minimum atomic E-state index is -1.15. The van der Waals surface area contributed by atoms with Crippen LogP contribution in [0.25, 0.3) is 10.9 Å². The number of rotatable bonds is 4. The highest BCUT2D eigenvalue weighted by Gasteiger charge is 2.21. The third-order valence-electron chi connectivity index (χ3n) is 3.58. The molecule has 0 aliphatic heterocycles. The van der Waals surface area contributed by atoms with Crippen LogP contribution in [0.5, 0.6) is 0 Å². The Labute approximate surface area is 126 Å². The van der Waals surface area contributed by atoms with E-state index in [0.717, 1.165) is 0 Å². The average molecular weight is 303 g/mol. The summed E-state index contributed by atoms with van der Waals surface area (Å²) in [7, 11) is 0. The first kappa shape index (κ1) is 15.8. The Bertz CT molecular complexity index is 833. The van der Waals surface area contributed by atoms with Crippen LogP contribution in [0.15, 0.2) is 23.0 Å². The van der Waals surface area contributed by atoms with Crippen molar-refractivity contribution in [2.75, 3.05) is 0 Å². The number of pyridine rings is 1. The molecule has 2 aromatic rings. The molecule has 0 fully saturated rings. The van der Waals surface area contributed by atoms with Gasteiger partial charge in [-0.2, -0.15) is 0 Å². The van der Waals surface area contributed by atoms with Crippen LogP contribution in [0, 0.1) is 6.92 Å². The van der Waals surface area contributed by atoms with Crippen LogP contribution in [0.3, 0.4) is 0 Å². The van der Waals surface area contributed by atoms with E-state index in [1.807, 2.05) is 13.8 Å². The maximum Gasteiger partial charge on any atom is 0.352 e. The second-order valence-electron chi connectivity index (χ2n) is 5.49. The van der Waals surface area contributed by atoms with Gasteiger partial charge in [-0.05, 0) is 38.5 Å². The lowest BCUT2D eigenvalue weighted by Crippen LogP contribution is -2.23. The fourth-order valence-electron chi connectivity index (χ4n) is 2.67. The van der Waals surface area contributed by atoms with E-state index in [1.165, 1.54) is 13.0 Å². The molecular weight excluding hydrogens is 286 g/mol. The number of carbonyl (C=O) groups is 2. The van der Waals surface area contributed by atoms with Crippen LogP contribution >= 0.6 is 0 Å². The molecule has 116 valence electrons. The van der Waals surface area contributed by atoms with Gasteiger partial charge in [0, 0.05) is 17.0 Å². The Morgan fingerprint density at radius 3 is 2.36 bits per heavy atom. The Kier molecular flexibility index (Phi) is 4.03. The van der Waals surface area contributed by atoms with Crippen LogP contribution in [-0.2, 0) is 11.2 Å². The molecule has 0 bridgehead atoms. The Morgan fingerprint density at radius 2 is 1.86 bits per heavy atom. The second kappa shape index (κ2) is 5.63. The van der Waals surface area contributed by atoms with Crippen molar-refractivity contribution in [2.45, 2.75) is 33.2 Å². The number of carboxylic acids is 2. The van der Waals surface area contributed by atoms with E-state index in [2.05, 4.69) is 0 Å². The summed E-state index contributed by atoms with van der Waals surface area (Å²) in [6.45, 7) is 5.15. The lowest BCUT2D eigenvalue weighted by Gasteiger charge is -2.20. The molecule has 1 heterocycles. The summed E-state index contributed by atoms with van der Waals surface area (Å²) in [5.74, 6) is -2.14. The first-order valence-corrected chi connectivity index (χ1v) is 6.86. The Morgan fingerprint density at radius 1 is 1.23 bits per heavy atom. The maximum absolute atomic E-state index is 12.4. The summed E-state index contributed by atoms with van der Waals surface area (Å²) in [5.41, 5.74) is 0.753. The highest BCUT2D eigenvalue weighted by molar-refractivity contribution is 5.93. The summed E-state index contributed by atoms with van der Waals surface area (Å²) in [6, 6.07) is 4.60. The first-order valence-electron chi connectivity index (χ1n) is 6.86. The fourth-order valence-corrected chi connectivity index (χ4v) is 2.67. The van der Waals surface area contributed by atoms with Crippen molar-refractivity contribution in [3.63, 3.8) is 0 Å². The first-order chi connectivity index (χ1) is 10.2. The number of benzene rings is 1. The molecule has 2 N–H and O–H groups in total. The molecule has 6 nitrogen and oxygen atoms in total. The predicted molar refractivity (Wildman–Crippen MR) is 81.6 cm³/mol. The van der Waals surface area contributed by atoms with E-state index in [1.54, 1.807) is 16.7 Å². The molecule has 0 aliphatic rings. The normalized spacial score (nSPS) is 11.1. The molecule has 0 aliphatic carbocycles. The maximum atomic E-state index is 12.4. The zero-order valence-corrected chi connectivity index (χ0v) is 12.6. The number of hydrogen-bond donors (Lipinski definition) is 2. The Hall–Kier alpha value is -2.63. The van der Waals surface area contributed by atoms with Crippen molar-refractivity contribution >= 4 is 22.8 Å². The highest BCUT2D eigenvalue weighted by atomic mass is 16.4. The van der Waals surface area contributed by atoms with Gasteiger partial charge >= 0.3 is 11.9 Å². The number of hydrogen-bond acceptors (Lipinski definition) is 3. The number of aromatic nitrogens is 1. The monoisotopic (exact) mass is 303 g/mol. The van der Waals surface area contributed by atoms with Gasteiger partial charge in [0.05, 0.1) is 11.9 Å². The summed E-state index contributed by atoms with van der Waals surface area (Å²) in [5, 5.41) is 18.6. The van der Waals surface area contributed by atoms with Crippen LogP contribution in [0.1, 0.15) is 41.5 Å². The zero-order valence-electron chi connectivity index (χ0n) is 12.6. The van der Waals surface area contributed by atoms with Gasteiger partial charge in [0.15, 0.2) is 5.43 Å². The topological polar surface area (TPSA) is 96.6 Å². The average Bonchev–Trinajstić information content (AvgIpc) is 2.41. The van der Waals surface area contributed by atoms with Crippen molar-refractivity contribution in [1.82, 2.24) is 4.57 Å². The van der Waals surface area contributed by atoms with Crippen molar-refractivity contribution in [2.24, 2.45) is 0 Å². The van der Waals surface area contributed by atoms with Gasteiger partial charge in [0.2, 0.25) is 0 Å². The second-order valence-corrected chi connectivity index (χ2v) is 5.49. The van der Waals surface area contributed by atoms with Gasteiger partial charge in [0.25, 0.3) is 0 Å². The highest BCUT2D eigenvalue weighted by Crippen LogP contribution is 2.22. The van der Waals surface area contributed by atoms with E-state index < -0.39 is 11.9 Å². The van der Waals surface area contributed by atoms with Crippen molar-refractivity contribution in [3.05, 3.63) is 45.2 Å². The molecule has 0 spiro atoms. The largest absolute Gasteiger partial charge is 0.481 e. The minimum absolute atomic E-state index is 0.0292. The van der Waals surface area contributed by atoms with Gasteiger partial charge in [-0.1, -0.05) is 6.07 Å². The molecule has 0 saturated heterocycles. The molecule has 2 rings (SSSR count). The number of carboxylic acid groups (broad SMARTS) is 2. The van der Waals surface area contributed by atoms with Gasteiger partial charge in [0.1, 0.15) is 5.69 Å². The van der Waals surface area contributed by atoms with Gasteiger partial charge in [-0.3, -0.25) is 9.59 Å². The number of aromatic carboxylic acids is 1. The Balaban J connectivity index is 2.91. The quantitative estimate of drug-likeness (QED) is 0.902. The minimum Gasteiger partial charge on any atom is -0.481 e. The van der Waals surface area contributed by atoms with Crippen LogP contribution in [-0.4, -0.2) is 26.7 Å². The number of aliphatic carboxylic acids is 1. The third-order valence-corrected chi connectivity index (χ3v) is 3.58. The molecule has 0 saturated carbocycles. The van der Waals surface area contributed by atoms with Gasteiger partial charge in [-0.25, -0.2) is 4.79 Å². The summed E-state index contributed by atoms with van der Waals surface area (Å²) in [6.07, 6.45) is -0.184. The zero-order chi connectivity index (χ0) is 16.6.